The zero-order chi connectivity index (χ0) is 19.2. The number of amides is 1. The van der Waals surface area contributed by atoms with E-state index >= 15 is 0 Å². The van der Waals surface area contributed by atoms with Crippen LogP contribution in [0, 0.1) is 25.7 Å². The van der Waals surface area contributed by atoms with Crippen molar-refractivity contribution in [3.8, 4) is 0 Å². The first-order valence-electron chi connectivity index (χ1n) is 9.11. The Labute approximate surface area is 162 Å². The highest BCUT2D eigenvalue weighted by molar-refractivity contribution is 8.00. The van der Waals surface area contributed by atoms with Crippen LogP contribution in [0.5, 0.6) is 0 Å². The maximum atomic E-state index is 12.9. The molecule has 142 valence electrons. The molecule has 1 aliphatic heterocycles. The first-order chi connectivity index (χ1) is 12.2. The van der Waals surface area contributed by atoms with E-state index in [0.29, 0.717) is 22.4 Å². The lowest BCUT2D eigenvalue weighted by molar-refractivity contribution is -0.132. The maximum Gasteiger partial charge on any atom is 0.262 e. The second kappa shape index (κ2) is 7.35. The standard InChI is InChI=1S/C19H27N3O2S2/c1-10-7-11(2)9-22(8-10)17(23)14(5)26-19-20-16-15(18(24)21(19)6)12(3)13(4)25-16/h10-11,14H,7-9H2,1-6H3. The van der Waals surface area contributed by atoms with Crippen LogP contribution >= 0.6 is 23.1 Å². The van der Waals surface area contributed by atoms with E-state index in [-0.39, 0.29) is 16.7 Å². The van der Waals surface area contributed by atoms with Gasteiger partial charge in [-0.1, -0.05) is 25.6 Å². The molecule has 3 atom stereocenters. The Morgan fingerprint density at radius 2 is 1.88 bits per heavy atom. The van der Waals surface area contributed by atoms with Crippen LogP contribution in [-0.4, -0.2) is 38.7 Å². The first kappa shape index (κ1) is 19.4. The van der Waals surface area contributed by atoms with Gasteiger partial charge in [-0.25, -0.2) is 4.98 Å². The number of hydrogen-bond donors (Lipinski definition) is 0. The van der Waals surface area contributed by atoms with Gasteiger partial charge in [0.1, 0.15) is 4.83 Å². The fourth-order valence-electron chi connectivity index (χ4n) is 3.77. The number of aryl methyl sites for hydroxylation is 2. The van der Waals surface area contributed by atoms with Crippen LogP contribution < -0.4 is 5.56 Å². The number of thiophene rings is 1. The molecule has 0 N–H and O–H groups in total. The lowest BCUT2D eigenvalue weighted by Crippen LogP contribution is -2.45. The minimum Gasteiger partial charge on any atom is -0.341 e. The van der Waals surface area contributed by atoms with Gasteiger partial charge in [-0.05, 0) is 44.6 Å². The Morgan fingerprint density at radius 3 is 2.50 bits per heavy atom. The van der Waals surface area contributed by atoms with Crippen LogP contribution in [-0.2, 0) is 11.8 Å². The molecule has 3 heterocycles. The number of carbonyl (C=O) groups is 1. The topological polar surface area (TPSA) is 55.2 Å². The van der Waals surface area contributed by atoms with Gasteiger partial charge in [-0.15, -0.1) is 11.3 Å². The van der Waals surface area contributed by atoms with Crippen molar-refractivity contribution in [3.63, 3.8) is 0 Å². The predicted octanol–water partition coefficient (Wildman–Crippen LogP) is 3.60. The van der Waals surface area contributed by atoms with Crippen molar-refractivity contribution in [2.75, 3.05) is 13.1 Å². The highest BCUT2D eigenvalue weighted by Gasteiger charge is 2.29. The molecular formula is C19H27N3O2S2. The summed E-state index contributed by atoms with van der Waals surface area (Å²) in [4.78, 5) is 34.2. The summed E-state index contributed by atoms with van der Waals surface area (Å²) in [5, 5.41) is 1.06. The smallest absolute Gasteiger partial charge is 0.262 e. The summed E-state index contributed by atoms with van der Waals surface area (Å²) in [5.41, 5.74) is 0.981. The number of thioether (sulfide) groups is 1. The minimum absolute atomic E-state index is 0.0285. The van der Waals surface area contributed by atoms with Crippen LogP contribution in [0.15, 0.2) is 9.95 Å². The summed E-state index contributed by atoms with van der Waals surface area (Å²) in [6.45, 7) is 11.9. The Balaban J connectivity index is 1.85. The monoisotopic (exact) mass is 393 g/mol. The van der Waals surface area contributed by atoms with Gasteiger partial charge >= 0.3 is 0 Å². The Kier molecular flexibility index (Phi) is 5.49. The molecule has 1 aliphatic rings. The van der Waals surface area contributed by atoms with Crippen molar-refractivity contribution in [1.29, 1.82) is 0 Å². The molecule has 2 aromatic heterocycles. The van der Waals surface area contributed by atoms with E-state index in [1.807, 2.05) is 25.7 Å². The molecule has 3 rings (SSSR count). The van der Waals surface area contributed by atoms with E-state index in [4.69, 9.17) is 0 Å². The maximum absolute atomic E-state index is 12.9. The van der Waals surface area contributed by atoms with Crippen LogP contribution in [0.2, 0.25) is 0 Å². The third-order valence-electron chi connectivity index (χ3n) is 5.18. The van der Waals surface area contributed by atoms with Crippen molar-refractivity contribution in [2.45, 2.75) is 51.4 Å². The fourth-order valence-corrected chi connectivity index (χ4v) is 5.80. The van der Waals surface area contributed by atoms with Gasteiger partial charge in [0, 0.05) is 25.0 Å². The molecule has 0 aliphatic carbocycles. The Bertz CT molecular complexity index is 892. The van der Waals surface area contributed by atoms with Crippen LogP contribution in [0.1, 0.15) is 37.6 Å². The highest BCUT2D eigenvalue weighted by atomic mass is 32.2. The molecule has 5 nitrogen and oxygen atoms in total. The molecule has 26 heavy (non-hydrogen) atoms. The summed E-state index contributed by atoms with van der Waals surface area (Å²) in [5.74, 6) is 1.22. The van der Waals surface area contributed by atoms with Crippen molar-refractivity contribution < 1.29 is 4.79 Å². The molecule has 2 aromatic rings. The van der Waals surface area contributed by atoms with E-state index < -0.39 is 0 Å². The van der Waals surface area contributed by atoms with E-state index in [1.165, 1.54) is 18.2 Å². The summed E-state index contributed by atoms with van der Waals surface area (Å²) in [6, 6.07) is 0. The second-order valence-electron chi connectivity index (χ2n) is 7.67. The van der Waals surface area contributed by atoms with E-state index in [9.17, 15) is 9.59 Å². The van der Waals surface area contributed by atoms with E-state index in [1.54, 1.807) is 23.0 Å². The largest absolute Gasteiger partial charge is 0.341 e. The number of likely N-dealkylation sites (tertiary alicyclic amines) is 1. The molecule has 0 saturated carbocycles. The van der Waals surface area contributed by atoms with E-state index in [2.05, 4.69) is 18.8 Å². The zero-order valence-corrected chi connectivity index (χ0v) is 18.0. The number of piperidine rings is 1. The number of hydrogen-bond acceptors (Lipinski definition) is 5. The van der Waals surface area contributed by atoms with Crippen molar-refractivity contribution in [1.82, 2.24) is 14.5 Å². The van der Waals surface area contributed by atoms with Crippen LogP contribution in [0.25, 0.3) is 10.2 Å². The number of carbonyl (C=O) groups excluding carboxylic acids is 1. The lowest BCUT2D eigenvalue weighted by Gasteiger charge is -2.36. The molecule has 3 unspecified atom stereocenters. The molecule has 0 spiro atoms. The van der Waals surface area contributed by atoms with E-state index in [0.717, 1.165) is 28.4 Å². The summed E-state index contributed by atoms with van der Waals surface area (Å²) in [7, 11) is 1.74. The Hall–Kier alpha value is -1.34. The molecule has 1 fully saturated rings. The van der Waals surface area contributed by atoms with Crippen molar-refractivity contribution >= 4 is 39.2 Å². The SMILES string of the molecule is Cc1sc2nc(SC(C)C(=O)N3CC(C)CC(C)C3)n(C)c(=O)c2c1C. The van der Waals surface area contributed by atoms with Gasteiger partial charge in [0.2, 0.25) is 5.91 Å². The lowest BCUT2D eigenvalue weighted by atomic mass is 9.92. The predicted molar refractivity (Wildman–Crippen MR) is 109 cm³/mol. The molecular weight excluding hydrogens is 366 g/mol. The van der Waals surface area contributed by atoms with Crippen LogP contribution in [0.4, 0.5) is 0 Å². The number of aromatic nitrogens is 2. The summed E-state index contributed by atoms with van der Waals surface area (Å²) in [6.07, 6.45) is 1.18. The average molecular weight is 394 g/mol. The first-order valence-corrected chi connectivity index (χ1v) is 10.8. The van der Waals surface area contributed by atoms with Crippen molar-refractivity contribution in [3.05, 3.63) is 20.8 Å². The zero-order valence-electron chi connectivity index (χ0n) is 16.3. The van der Waals surface area contributed by atoms with Crippen LogP contribution in [0.3, 0.4) is 0 Å². The van der Waals surface area contributed by atoms with Gasteiger partial charge in [-0.2, -0.15) is 0 Å². The summed E-state index contributed by atoms with van der Waals surface area (Å²) >= 11 is 2.93. The quantitative estimate of drug-likeness (QED) is 0.591. The van der Waals surface area contributed by atoms with Gasteiger partial charge in [0.15, 0.2) is 5.16 Å². The highest BCUT2D eigenvalue weighted by Crippen LogP contribution is 2.30. The van der Waals surface area contributed by atoms with Gasteiger partial charge < -0.3 is 4.90 Å². The molecule has 0 bridgehead atoms. The molecule has 0 radical (unpaired) electrons. The normalized spacial score (nSPS) is 22.0. The third kappa shape index (κ3) is 3.56. The average Bonchev–Trinajstić information content (AvgIpc) is 2.85. The molecule has 7 heteroatoms. The third-order valence-corrected chi connectivity index (χ3v) is 7.41. The Morgan fingerprint density at radius 1 is 1.27 bits per heavy atom. The molecule has 0 aromatic carbocycles. The van der Waals surface area contributed by atoms with Gasteiger partial charge in [0.25, 0.3) is 5.56 Å². The van der Waals surface area contributed by atoms with Gasteiger partial charge in [0.05, 0.1) is 10.6 Å². The molecule has 1 amide bonds. The van der Waals surface area contributed by atoms with Gasteiger partial charge in [-0.3, -0.25) is 14.2 Å². The summed E-state index contributed by atoms with van der Waals surface area (Å²) < 4.78 is 1.58. The number of nitrogens with zero attached hydrogens (tertiary/aromatic N) is 3. The minimum atomic E-state index is -0.259. The number of fused-ring (bicyclic) bond motifs is 1. The fraction of sp³-hybridized carbons (Fsp3) is 0.632. The van der Waals surface area contributed by atoms with Crippen molar-refractivity contribution in [2.24, 2.45) is 18.9 Å². The molecule has 1 saturated heterocycles. The second-order valence-corrected chi connectivity index (χ2v) is 10.2. The number of rotatable bonds is 3.